The van der Waals surface area contributed by atoms with Gasteiger partial charge in [0, 0.05) is 0 Å². The smallest absolute Gasteiger partial charge is 0.387 e. The highest BCUT2D eigenvalue weighted by Gasteiger charge is 2.51. The SMILES string of the molecule is Nc1ncnc2c1ncn2[C@@H]1O[C@@H]2COP(S)O[C@@H]3[C@H](O)[C@@H](CO[PH](=O)O[C@H]2[C@H]1F)O[C@H]3n1nnc2c(C(F)(F)F)cccc21. The Morgan fingerprint density at radius 3 is 2.69 bits per heavy atom. The van der Waals surface area contributed by atoms with E-state index in [-0.39, 0.29) is 29.1 Å². The molecule has 0 radical (unpaired) electrons. The highest BCUT2D eigenvalue weighted by molar-refractivity contribution is 8.41. The molecule has 242 valence electrons. The first kappa shape index (κ1) is 31.0. The normalized spacial score (nSPS) is 34.8. The zero-order valence-electron chi connectivity index (χ0n) is 22.3. The van der Waals surface area contributed by atoms with Crippen molar-refractivity contribution < 1.29 is 54.8 Å². The lowest BCUT2D eigenvalue weighted by Gasteiger charge is -2.25. The second-order valence-electron chi connectivity index (χ2n) is 10.1. The maximum Gasteiger partial charge on any atom is 0.418 e. The molecule has 0 aliphatic carbocycles. The Kier molecular flexibility index (Phi) is 8.21. The van der Waals surface area contributed by atoms with E-state index in [4.69, 9.17) is 33.3 Å². The van der Waals surface area contributed by atoms with Crippen LogP contribution >= 0.6 is 28.1 Å². The fraction of sp³-hybridized carbons (Fsp3) is 0.500. The van der Waals surface area contributed by atoms with Gasteiger partial charge in [0.2, 0.25) is 7.58 Å². The van der Waals surface area contributed by atoms with E-state index < -0.39 is 88.8 Å². The van der Waals surface area contributed by atoms with E-state index in [0.717, 1.165) is 10.7 Å². The zero-order valence-corrected chi connectivity index (χ0v) is 25.1. The number of halogens is 4. The van der Waals surface area contributed by atoms with Gasteiger partial charge < -0.3 is 38.4 Å². The first-order chi connectivity index (χ1) is 21.5. The second kappa shape index (κ2) is 11.9. The number of aliphatic hydroxyl groups is 1. The fourth-order valence-corrected chi connectivity index (χ4v) is 7.53. The largest absolute Gasteiger partial charge is 0.418 e. The number of nitrogens with two attached hydrogens (primary N) is 1. The molecule has 0 saturated carbocycles. The number of hydrogen-bond acceptors (Lipinski definition) is 15. The van der Waals surface area contributed by atoms with Crippen LogP contribution < -0.4 is 5.73 Å². The van der Waals surface area contributed by atoms with E-state index in [9.17, 15) is 22.8 Å². The number of alkyl halides is 4. The molecule has 1 aromatic carbocycles. The average molecular weight is 696 g/mol. The molecule has 3 aliphatic heterocycles. The van der Waals surface area contributed by atoms with Gasteiger partial charge in [-0.25, -0.2) is 24.0 Å². The number of imidazole rings is 1. The van der Waals surface area contributed by atoms with Crippen LogP contribution in [-0.2, 0) is 38.3 Å². The summed E-state index contributed by atoms with van der Waals surface area (Å²) >= 11 is 4.34. The van der Waals surface area contributed by atoms with Crippen LogP contribution in [0.25, 0.3) is 22.2 Å². The van der Waals surface area contributed by atoms with Crippen molar-refractivity contribution in [1.82, 2.24) is 34.5 Å². The Morgan fingerprint density at radius 2 is 1.89 bits per heavy atom. The van der Waals surface area contributed by atoms with Gasteiger partial charge in [0.15, 0.2) is 30.1 Å². The van der Waals surface area contributed by atoms with Crippen molar-refractivity contribution in [3.05, 3.63) is 36.4 Å². The molecule has 3 fully saturated rings. The number of thiol groups is 1. The number of nitrogen functional groups attached to an aromatic ring is 1. The topological polar surface area (TPSA) is 193 Å². The first-order valence-corrected chi connectivity index (χ1v) is 16.7. The van der Waals surface area contributed by atoms with Crippen molar-refractivity contribution in [1.29, 1.82) is 0 Å². The highest BCUT2D eigenvalue weighted by Crippen LogP contribution is 2.51. The number of anilines is 1. The van der Waals surface area contributed by atoms with Gasteiger partial charge in [-0.2, -0.15) is 13.2 Å². The van der Waals surface area contributed by atoms with Crippen molar-refractivity contribution in [3.8, 4) is 0 Å². The van der Waals surface area contributed by atoms with Gasteiger partial charge in [0.05, 0.1) is 30.6 Å². The van der Waals surface area contributed by atoms with E-state index in [1.54, 1.807) is 0 Å². The number of hydrogen-bond donors (Lipinski definition) is 3. The van der Waals surface area contributed by atoms with Crippen molar-refractivity contribution >= 4 is 56.1 Å². The van der Waals surface area contributed by atoms with Gasteiger partial charge in [-0.3, -0.25) is 9.13 Å². The number of rotatable bonds is 2. The quantitative estimate of drug-likeness (QED) is 0.157. The van der Waals surface area contributed by atoms with Crippen molar-refractivity contribution in [3.63, 3.8) is 0 Å². The van der Waals surface area contributed by atoms with Crippen LogP contribution in [0.4, 0.5) is 23.4 Å². The van der Waals surface area contributed by atoms with Crippen LogP contribution in [-0.4, -0.2) is 89.5 Å². The summed E-state index contributed by atoms with van der Waals surface area (Å²) in [6, 6.07) is 3.38. The van der Waals surface area contributed by atoms with Crippen LogP contribution in [0.15, 0.2) is 30.9 Å². The Balaban J connectivity index is 1.15. The molecule has 3 saturated heterocycles. The highest BCUT2D eigenvalue weighted by atomic mass is 32.7. The third-order valence-electron chi connectivity index (χ3n) is 7.45. The van der Waals surface area contributed by atoms with Crippen LogP contribution in [0.2, 0.25) is 0 Å². The lowest BCUT2D eigenvalue weighted by molar-refractivity contribution is -0.136. The number of aromatic nitrogens is 7. The summed E-state index contributed by atoms with van der Waals surface area (Å²) in [5.41, 5.74) is 4.72. The lowest BCUT2D eigenvalue weighted by atomic mass is 10.1. The molecular weight excluding hydrogens is 674 g/mol. The van der Waals surface area contributed by atoms with Gasteiger partial charge in [0.1, 0.15) is 47.9 Å². The number of nitrogens with zero attached hydrogens (tertiary/aromatic N) is 7. The monoisotopic (exact) mass is 696 g/mol. The van der Waals surface area contributed by atoms with E-state index in [1.807, 2.05) is 0 Å². The Bertz CT molecular complexity index is 1750. The summed E-state index contributed by atoms with van der Waals surface area (Å²) in [7, 11) is -5.61. The molecule has 0 spiro atoms. The summed E-state index contributed by atoms with van der Waals surface area (Å²) in [5, 5.41) is 18.6. The summed E-state index contributed by atoms with van der Waals surface area (Å²) in [6.07, 6.45) is -13.5. The van der Waals surface area contributed by atoms with Gasteiger partial charge in [0.25, 0.3) is 0 Å². The molecular formula is C22H22F4N8O8P2S. The predicted octanol–water partition coefficient (Wildman–Crippen LogP) is 2.73. The second-order valence-corrected chi connectivity index (χ2v) is 13.0. The number of benzene rings is 1. The Labute approximate surface area is 256 Å². The summed E-state index contributed by atoms with van der Waals surface area (Å²) in [4.78, 5) is 12.1. The maximum absolute atomic E-state index is 15.8. The minimum absolute atomic E-state index is 0.0547. The first-order valence-electron chi connectivity index (χ1n) is 13.1. The third kappa shape index (κ3) is 5.58. The van der Waals surface area contributed by atoms with Crippen molar-refractivity contribution in [2.45, 2.75) is 55.3 Å². The van der Waals surface area contributed by atoms with Crippen LogP contribution in [0.3, 0.4) is 0 Å². The molecule has 3 aliphatic rings. The molecule has 16 nitrogen and oxygen atoms in total. The van der Waals surface area contributed by atoms with Crippen molar-refractivity contribution in [2.75, 3.05) is 18.9 Å². The standard InChI is InChI=1S/C22H22F4N8O8P2S/c23-12-16-11(40-20(12)33-7-30-14-18(27)28-6-29-19(14)33)5-38-44(45)42-17-15(35)10(4-37-43(36)41-16)39-21(17)34-9-3-1-2-8(22(24,25)26)13(9)31-32-34/h1-3,6-7,10-12,15-17,20-21,35,43,45H,4-5H2,(H2,27,28,29)/t10-,11-,12-,15-,16-,17-,20-,21-,44?/m1/s1. The zero-order chi connectivity index (χ0) is 31.6. The van der Waals surface area contributed by atoms with Crippen molar-refractivity contribution in [2.24, 2.45) is 0 Å². The third-order valence-corrected chi connectivity index (χ3v) is 9.74. The van der Waals surface area contributed by atoms with Crippen LogP contribution in [0.5, 0.6) is 0 Å². The molecule has 3 N–H and O–H groups in total. The lowest BCUT2D eigenvalue weighted by Crippen LogP contribution is -2.35. The molecule has 23 heteroatoms. The van der Waals surface area contributed by atoms with E-state index >= 15 is 4.39 Å². The molecule has 3 aromatic heterocycles. The summed E-state index contributed by atoms with van der Waals surface area (Å²) in [6.45, 7) is -0.906. The van der Waals surface area contributed by atoms with E-state index in [2.05, 4.69) is 37.5 Å². The van der Waals surface area contributed by atoms with Crippen LogP contribution in [0.1, 0.15) is 18.0 Å². The van der Waals surface area contributed by atoms with Gasteiger partial charge in [-0.05, 0) is 12.1 Å². The summed E-state index contributed by atoms with van der Waals surface area (Å²) < 4.78 is 106. The molecule has 0 amide bonds. The predicted molar refractivity (Wildman–Crippen MR) is 148 cm³/mol. The minimum Gasteiger partial charge on any atom is -0.387 e. The van der Waals surface area contributed by atoms with E-state index in [1.165, 1.54) is 29.4 Å². The summed E-state index contributed by atoms with van der Waals surface area (Å²) in [5.74, 6) is 0.0719. The number of ether oxygens (including phenoxy) is 2. The molecule has 6 heterocycles. The fourth-order valence-electron chi connectivity index (χ4n) is 5.36. The van der Waals surface area contributed by atoms with Gasteiger partial charge in [-0.1, -0.05) is 23.5 Å². The average Bonchev–Trinajstić information content (AvgIpc) is 3.76. The molecule has 2 bridgehead atoms. The molecule has 10 atom stereocenters. The maximum atomic E-state index is 15.8. The molecule has 2 unspecified atom stereocenters. The molecule has 7 rings (SSSR count). The Hall–Kier alpha value is -2.58. The molecule has 4 aromatic rings. The minimum atomic E-state index is -4.71. The number of aliphatic hydroxyl groups excluding tert-OH is 1. The molecule has 45 heavy (non-hydrogen) atoms. The van der Waals surface area contributed by atoms with Gasteiger partial charge in [-0.15, -0.1) is 5.10 Å². The van der Waals surface area contributed by atoms with E-state index in [0.29, 0.717) is 0 Å². The van der Waals surface area contributed by atoms with Crippen LogP contribution in [0, 0.1) is 0 Å². The Morgan fingerprint density at radius 1 is 1.09 bits per heavy atom. The number of fused-ring (bicyclic) bond motifs is 5. The van der Waals surface area contributed by atoms with Gasteiger partial charge >= 0.3 is 14.4 Å².